The number of carbonyl (C=O) groups excluding carboxylic acids is 3. The van der Waals surface area contributed by atoms with Crippen LogP contribution in [0.15, 0.2) is 72.8 Å². The lowest BCUT2D eigenvalue weighted by Crippen LogP contribution is -2.21. The highest BCUT2D eigenvalue weighted by molar-refractivity contribution is 5.93. The summed E-state index contributed by atoms with van der Waals surface area (Å²) in [7, 11) is 0. The first-order valence-corrected chi connectivity index (χ1v) is 11.0. The summed E-state index contributed by atoms with van der Waals surface area (Å²) in [6, 6.07) is 21.9. The van der Waals surface area contributed by atoms with Crippen LogP contribution in [0.5, 0.6) is 11.5 Å². The SMILES string of the molecule is Cc1ccc(Oc2ccc(NC(=O)CCCC(=O)OCC(=O)Nc3ccccc3)cc2)cc1C. The lowest BCUT2D eigenvalue weighted by molar-refractivity contribution is -0.147. The van der Waals surface area contributed by atoms with Crippen molar-refractivity contribution < 1.29 is 23.9 Å². The Morgan fingerprint density at radius 1 is 0.706 bits per heavy atom. The largest absolute Gasteiger partial charge is 0.457 e. The molecule has 0 heterocycles. The Labute approximate surface area is 199 Å². The molecule has 0 fully saturated rings. The van der Waals surface area contributed by atoms with Crippen molar-refractivity contribution in [3.05, 3.63) is 83.9 Å². The highest BCUT2D eigenvalue weighted by atomic mass is 16.5. The van der Waals surface area contributed by atoms with E-state index in [1.165, 1.54) is 5.56 Å². The number of carbonyl (C=O) groups is 3. The molecule has 0 saturated heterocycles. The maximum Gasteiger partial charge on any atom is 0.306 e. The van der Waals surface area contributed by atoms with Gasteiger partial charge in [0.2, 0.25) is 5.91 Å². The molecular formula is C27H28N2O5. The number of aryl methyl sites for hydroxylation is 2. The quantitative estimate of drug-likeness (QED) is 0.396. The second kappa shape index (κ2) is 12.2. The number of esters is 1. The average molecular weight is 461 g/mol. The van der Waals surface area contributed by atoms with Gasteiger partial charge in [0, 0.05) is 24.2 Å². The van der Waals surface area contributed by atoms with E-state index in [0.29, 0.717) is 23.5 Å². The Balaban J connectivity index is 1.34. The normalized spacial score (nSPS) is 10.3. The van der Waals surface area contributed by atoms with Gasteiger partial charge in [-0.3, -0.25) is 14.4 Å². The smallest absolute Gasteiger partial charge is 0.306 e. The number of ether oxygens (including phenoxy) is 2. The summed E-state index contributed by atoms with van der Waals surface area (Å²) in [5.41, 5.74) is 3.62. The van der Waals surface area contributed by atoms with Crippen molar-refractivity contribution >= 4 is 29.2 Å². The van der Waals surface area contributed by atoms with Gasteiger partial charge >= 0.3 is 5.97 Å². The number of anilines is 2. The van der Waals surface area contributed by atoms with Crippen LogP contribution in [0, 0.1) is 13.8 Å². The number of hydrogen-bond donors (Lipinski definition) is 2. The molecule has 0 aliphatic carbocycles. The van der Waals surface area contributed by atoms with Crippen LogP contribution in [0.25, 0.3) is 0 Å². The van der Waals surface area contributed by atoms with Crippen LogP contribution in [0.4, 0.5) is 11.4 Å². The number of amides is 2. The maximum atomic E-state index is 12.1. The van der Waals surface area contributed by atoms with Gasteiger partial charge in [0.25, 0.3) is 5.91 Å². The molecule has 0 radical (unpaired) electrons. The fraction of sp³-hybridized carbons (Fsp3) is 0.222. The van der Waals surface area contributed by atoms with Gasteiger partial charge in [0.05, 0.1) is 0 Å². The molecule has 0 saturated carbocycles. The number of nitrogens with one attached hydrogen (secondary N) is 2. The highest BCUT2D eigenvalue weighted by Crippen LogP contribution is 2.25. The lowest BCUT2D eigenvalue weighted by Gasteiger charge is -2.09. The molecule has 7 nitrogen and oxygen atoms in total. The Hall–Kier alpha value is -4.13. The van der Waals surface area contributed by atoms with E-state index in [0.717, 1.165) is 11.3 Å². The number of benzene rings is 3. The van der Waals surface area contributed by atoms with Crippen LogP contribution >= 0.6 is 0 Å². The van der Waals surface area contributed by atoms with Gasteiger partial charge in [-0.15, -0.1) is 0 Å². The predicted molar refractivity (Wildman–Crippen MR) is 131 cm³/mol. The molecule has 0 aliphatic rings. The lowest BCUT2D eigenvalue weighted by atomic mass is 10.1. The van der Waals surface area contributed by atoms with E-state index in [-0.39, 0.29) is 25.4 Å². The standard InChI is InChI=1S/C27H28N2O5/c1-19-11-14-24(17-20(19)2)34-23-15-12-22(13-16-23)28-25(30)9-6-10-27(32)33-18-26(31)29-21-7-4-3-5-8-21/h3-5,7-8,11-17H,6,9-10,18H2,1-2H3,(H,28,30)(H,29,31). The van der Waals surface area contributed by atoms with Crippen molar-refractivity contribution in [3.8, 4) is 11.5 Å². The summed E-state index contributed by atoms with van der Waals surface area (Å²) in [5, 5.41) is 5.42. The topological polar surface area (TPSA) is 93.7 Å². The fourth-order valence-electron chi connectivity index (χ4n) is 3.07. The molecule has 2 amide bonds. The fourth-order valence-corrected chi connectivity index (χ4v) is 3.07. The van der Waals surface area contributed by atoms with Gasteiger partial charge in [0.15, 0.2) is 6.61 Å². The summed E-state index contributed by atoms with van der Waals surface area (Å²) >= 11 is 0. The third-order valence-electron chi connectivity index (χ3n) is 5.06. The molecule has 0 aliphatic heterocycles. The molecular weight excluding hydrogens is 432 g/mol. The molecule has 0 unspecified atom stereocenters. The summed E-state index contributed by atoms with van der Waals surface area (Å²) in [6.07, 6.45) is 0.528. The number of para-hydroxylation sites is 1. The van der Waals surface area contributed by atoms with Crippen LogP contribution < -0.4 is 15.4 Å². The van der Waals surface area contributed by atoms with E-state index >= 15 is 0 Å². The van der Waals surface area contributed by atoms with E-state index in [4.69, 9.17) is 9.47 Å². The average Bonchev–Trinajstić information content (AvgIpc) is 2.82. The monoisotopic (exact) mass is 460 g/mol. The molecule has 2 N–H and O–H groups in total. The zero-order valence-corrected chi connectivity index (χ0v) is 19.3. The van der Waals surface area contributed by atoms with Gasteiger partial charge in [-0.05, 0) is 79.9 Å². The second-order valence-corrected chi connectivity index (χ2v) is 7.85. The summed E-state index contributed by atoms with van der Waals surface area (Å²) in [4.78, 5) is 35.8. The Morgan fingerprint density at radius 3 is 2.06 bits per heavy atom. The summed E-state index contributed by atoms with van der Waals surface area (Å²) < 4.78 is 10.8. The Kier molecular flexibility index (Phi) is 8.80. The molecule has 34 heavy (non-hydrogen) atoms. The van der Waals surface area contributed by atoms with Gasteiger partial charge in [-0.25, -0.2) is 0 Å². The van der Waals surface area contributed by atoms with Gasteiger partial charge in [0.1, 0.15) is 11.5 Å². The van der Waals surface area contributed by atoms with Crippen LogP contribution in [-0.2, 0) is 19.1 Å². The van der Waals surface area contributed by atoms with Crippen molar-refractivity contribution in [1.29, 1.82) is 0 Å². The van der Waals surface area contributed by atoms with E-state index in [1.807, 2.05) is 38.1 Å². The first kappa shape index (κ1) is 24.5. The van der Waals surface area contributed by atoms with Gasteiger partial charge in [-0.2, -0.15) is 0 Å². The van der Waals surface area contributed by atoms with Crippen molar-refractivity contribution in [3.63, 3.8) is 0 Å². The molecule has 7 heteroatoms. The van der Waals surface area contributed by atoms with E-state index in [1.54, 1.807) is 48.5 Å². The highest BCUT2D eigenvalue weighted by Gasteiger charge is 2.10. The molecule has 0 aromatic heterocycles. The van der Waals surface area contributed by atoms with Crippen molar-refractivity contribution in [2.75, 3.05) is 17.2 Å². The molecule has 0 bridgehead atoms. The Bertz CT molecular complexity index is 1130. The van der Waals surface area contributed by atoms with Gasteiger partial charge in [-0.1, -0.05) is 24.3 Å². The minimum absolute atomic E-state index is 0.0504. The molecule has 3 rings (SSSR count). The van der Waals surface area contributed by atoms with E-state index in [9.17, 15) is 14.4 Å². The molecule has 3 aromatic rings. The molecule has 0 atom stereocenters. The van der Waals surface area contributed by atoms with E-state index in [2.05, 4.69) is 10.6 Å². The van der Waals surface area contributed by atoms with Crippen LogP contribution in [0.2, 0.25) is 0 Å². The van der Waals surface area contributed by atoms with E-state index < -0.39 is 11.9 Å². The number of hydrogen-bond acceptors (Lipinski definition) is 5. The molecule has 0 spiro atoms. The van der Waals surface area contributed by atoms with Crippen LogP contribution in [-0.4, -0.2) is 24.4 Å². The minimum atomic E-state index is -0.524. The van der Waals surface area contributed by atoms with Crippen molar-refractivity contribution in [1.82, 2.24) is 0 Å². The maximum absolute atomic E-state index is 12.1. The number of rotatable bonds is 10. The summed E-state index contributed by atoms with van der Waals surface area (Å²) in [5.74, 6) is 0.271. The zero-order valence-electron chi connectivity index (χ0n) is 19.3. The first-order chi connectivity index (χ1) is 16.4. The second-order valence-electron chi connectivity index (χ2n) is 7.85. The van der Waals surface area contributed by atoms with Crippen molar-refractivity contribution in [2.45, 2.75) is 33.1 Å². The van der Waals surface area contributed by atoms with Crippen LogP contribution in [0.1, 0.15) is 30.4 Å². The van der Waals surface area contributed by atoms with Crippen LogP contribution in [0.3, 0.4) is 0 Å². The third-order valence-corrected chi connectivity index (χ3v) is 5.06. The zero-order chi connectivity index (χ0) is 24.3. The minimum Gasteiger partial charge on any atom is -0.457 e. The first-order valence-electron chi connectivity index (χ1n) is 11.0. The molecule has 3 aromatic carbocycles. The molecule has 176 valence electrons. The Morgan fingerprint density at radius 2 is 1.35 bits per heavy atom. The third kappa shape index (κ3) is 8.09. The summed E-state index contributed by atoms with van der Waals surface area (Å²) in [6.45, 7) is 3.71. The predicted octanol–water partition coefficient (Wildman–Crippen LogP) is 5.39. The van der Waals surface area contributed by atoms with Gasteiger partial charge < -0.3 is 20.1 Å². The van der Waals surface area contributed by atoms with Crippen molar-refractivity contribution in [2.24, 2.45) is 0 Å².